The van der Waals surface area contributed by atoms with Crippen LogP contribution in [0.2, 0.25) is 0 Å². The minimum atomic E-state index is 0.222. The number of fused-ring (bicyclic) bond motifs is 1. The average Bonchev–Trinajstić information content (AvgIpc) is 2.27. The van der Waals surface area contributed by atoms with Gasteiger partial charge >= 0.3 is 0 Å². The van der Waals surface area contributed by atoms with Crippen LogP contribution in [-0.2, 0) is 0 Å². The number of nitrogens with zero attached hydrogens (tertiary/aromatic N) is 1. The Labute approximate surface area is 101 Å². The van der Waals surface area contributed by atoms with Crippen molar-refractivity contribution in [2.24, 2.45) is 0 Å². The van der Waals surface area contributed by atoms with Crippen molar-refractivity contribution >= 4 is 22.5 Å². The van der Waals surface area contributed by atoms with Crippen LogP contribution in [0.25, 0.3) is 10.9 Å². The van der Waals surface area contributed by atoms with Gasteiger partial charge in [-0.1, -0.05) is 19.1 Å². The molecule has 1 aromatic carbocycles. The van der Waals surface area contributed by atoms with Crippen molar-refractivity contribution in [1.29, 1.82) is 0 Å². The Balaban J connectivity index is 2.32. The van der Waals surface area contributed by atoms with E-state index in [9.17, 15) is 0 Å². The van der Waals surface area contributed by atoms with Gasteiger partial charge in [-0.3, -0.25) is 4.98 Å². The van der Waals surface area contributed by atoms with E-state index in [1.807, 2.05) is 19.2 Å². The molecule has 16 heavy (non-hydrogen) atoms. The van der Waals surface area contributed by atoms with Gasteiger partial charge in [-0.2, -0.15) is 0 Å². The first-order chi connectivity index (χ1) is 7.66. The molecule has 2 atom stereocenters. The van der Waals surface area contributed by atoms with Crippen LogP contribution in [-0.4, -0.2) is 10.4 Å². The minimum Gasteiger partial charge on any atom is -0.256 e. The van der Waals surface area contributed by atoms with Crippen LogP contribution in [0.5, 0.6) is 0 Å². The van der Waals surface area contributed by atoms with Gasteiger partial charge in [0, 0.05) is 17.0 Å². The van der Waals surface area contributed by atoms with E-state index in [1.165, 1.54) is 10.9 Å². The van der Waals surface area contributed by atoms with Gasteiger partial charge in [-0.25, -0.2) is 0 Å². The molecule has 1 heterocycles. The molecule has 1 aromatic heterocycles. The first kappa shape index (κ1) is 11.4. The molecule has 0 saturated carbocycles. The molecule has 0 radical (unpaired) electrons. The normalized spacial score (nSPS) is 14.9. The lowest BCUT2D eigenvalue weighted by Gasteiger charge is -2.13. The Hall–Kier alpha value is -1.08. The van der Waals surface area contributed by atoms with Crippen molar-refractivity contribution < 1.29 is 0 Å². The third kappa shape index (κ3) is 2.53. The fraction of sp³-hybridized carbons (Fsp3) is 0.357. The molecule has 2 aromatic rings. The minimum absolute atomic E-state index is 0.222. The summed E-state index contributed by atoms with van der Waals surface area (Å²) in [5, 5.41) is 1.42. The predicted molar refractivity (Wildman–Crippen MR) is 70.1 cm³/mol. The molecule has 0 amide bonds. The van der Waals surface area contributed by atoms with E-state index >= 15 is 0 Å². The molecule has 0 aliphatic heterocycles. The Morgan fingerprint density at radius 2 is 2.06 bits per heavy atom. The van der Waals surface area contributed by atoms with Crippen molar-refractivity contribution in [3.05, 3.63) is 42.1 Å². The Kier molecular flexibility index (Phi) is 3.45. The molecular formula is C14H16ClN. The van der Waals surface area contributed by atoms with Gasteiger partial charge in [0.2, 0.25) is 0 Å². The lowest BCUT2D eigenvalue weighted by Crippen LogP contribution is -2.00. The highest BCUT2D eigenvalue weighted by Crippen LogP contribution is 2.25. The van der Waals surface area contributed by atoms with Crippen LogP contribution < -0.4 is 0 Å². The first-order valence-electron chi connectivity index (χ1n) is 5.65. The largest absolute Gasteiger partial charge is 0.256 e. The fourth-order valence-electron chi connectivity index (χ4n) is 2.02. The number of rotatable bonds is 3. The summed E-state index contributed by atoms with van der Waals surface area (Å²) in [4.78, 5) is 4.32. The third-order valence-electron chi connectivity index (χ3n) is 2.87. The second-order valence-corrected chi connectivity index (χ2v) is 5.12. The average molecular weight is 234 g/mol. The first-order valence-corrected chi connectivity index (χ1v) is 6.09. The van der Waals surface area contributed by atoms with E-state index in [2.05, 4.69) is 36.2 Å². The maximum Gasteiger partial charge on any atom is 0.0702 e. The van der Waals surface area contributed by atoms with Crippen LogP contribution in [0, 0.1) is 0 Å². The standard InChI is InChI=1S/C14H16ClN/c1-10(8-11(2)15)12-5-6-14-13(9-12)4-3-7-16-14/h3-7,9-11H,8H2,1-2H3. The van der Waals surface area contributed by atoms with Crippen LogP contribution in [0.4, 0.5) is 0 Å². The molecule has 1 nitrogen and oxygen atoms in total. The van der Waals surface area contributed by atoms with E-state index in [-0.39, 0.29) is 5.38 Å². The maximum atomic E-state index is 6.03. The van der Waals surface area contributed by atoms with Gasteiger partial charge < -0.3 is 0 Å². The summed E-state index contributed by atoms with van der Waals surface area (Å²) < 4.78 is 0. The number of halogens is 1. The summed E-state index contributed by atoms with van der Waals surface area (Å²) in [6.07, 6.45) is 2.83. The molecule has 0 N–H and O–H groups in total. The predicted octanol–water partition coefficient (Wildman–Crippen LogP) is 4.36. The lowest BCUT2D eigenvalue weighted by atomic mass is 9.95. The molecule has 84 valence electrons. The van der Waals surface area contributed by atoms with E-state index in [4.69, 9.17) is 11.6 Å². The summed E-state index contributed by atoms with van der Waals surface area (Å²) >= 11 is 6.03. The molecular weight excluding hydrogens is 218 g/mol. The SMILES string of the molecule is CC(Cl)CC(C)c1ccc2ncccc2c1. The molecule has 0 fully saturated rings. The van der Waals surface area contributed by atoms with Crippen molar-refractivity contribution in [3.8, 4) is 0 Å². The summed E-state index contributed by atoms with van der Waals surface area (Å²) in [7, 11) is 0. The zero-order valence-electron chi connectivity index (χ0n) is 9.65. The molecule has 0 aliphatic carbocycles. The van der Waals surface area contributed by atoms with Crippen molar-refractivity contribution in [1.82, 2.24) is 4.98 Å². The van der Waals surface area contributed by atoms with Gasteiger partial charge in [-0.15, -0.1) is 11.6 Å². The number of benzene rings is 1. The van der Waals surface area contributed by atoms with Crippen LogP contribution in [0.1, 0.15) is 31.7 Å². The Morgan fingerprint density at radius 3 is 2.81 bits per heavy atom. The maximum absolute atomic E-state index is 6.03. The van der Waals surface area contributed by atoms with Crippen molar-refractivity contribution in [2.75, 3.05) is 0 Å². The number of hydrogen-bond acceptors (Lipinski definition) is 1. The van der Waals surface area contributed by atoms with Crippen LogP contribution in [0.3, 0.4) is 0 Å². The fourth-order valence-corrected chi connectivity index (χ4v) is 2.29. The zero-order valence-corrected chi connectivity index (χ0v) is 10.4. The lowest BCUT2D eigenvalue weighted by molar-refractivity contribution is 0.671. The second kappa shape index (κ2) is 4.84. The van der Waals surface area contributed by atoms with Gasteiger partial charge in [0.1, 0.15) is 0 Å². The van der Waals surface area contributed by atoms with Crippen molar-refractivity contribution in [3.63, 3.8) is 0 Å². The molecule has 2 rings (SSSR count). The summed E-state index contributed by atoms with van der Waals surface area (Å²) in [6, 6.07) is 10.5. The molecule has 2 heteroatoms. The number of hydrogen-bond donors (Lipinski definition) is 0. The van der Waals surface area contributed by atoms with E-state index in [1.54, 1.807) is 0 Å². The molecule has 0 saturated heterocycles. The zero-order chi connectivity index (χ0) is 11.5. The van der Waals surface area contributed by atoms with Gasteiger partial charge in [0.25, 0.3) is 0 Å². The quantitative estimate of drug-likeness (QED) is 0.718. The number of aromatic nitrogens is 1. The highest BCUT2D eigenvalue weighted by atomic mass is 35.5. The molecule has 2 unspecified atom stereocenters. The summed E-state index contributed by atoms with van der Waals surface area (Å²) in [6.45, 7) is 4.26. The van der Waals surface area contributed by atoms with Gasteiger partial charge in [0.15, 0.2) is 0 Å². The Morgan fingerprint density at radius 1 is 1.25 bits per heavy atom. The number of alkyl halides is 1. The van der Waals surface area contributed by atoms with Gasteiger partial charge in [0.05, 0.1) is 5.52 Å². The topological polar surface area (TPSA) is 12.9 Å². The van der Waals surface area contributed by atoms with Crippen LogP contribution in [0.15, 0.2) is 36.5 Å². The van der Waals surface area contributed by atoms with Crippen LogP contribution >= 0.6 is 11.6 Å². The summed E-state index contributed by atoms with van der Waals surface area (Å²) in [5.41, 5.74) is 2.39. The highest BCUT2D eigenvalue weighted by molar-refractivity contribution is 6.20. The number of pyridine rings is 1. The third-order valence-corrected chi connectivity index (χ3v) is 3.05. The Bertz CT molecular complexity index is 479. The highest BCUT2D eigenvalue weighted by Gasteiger charge is 2.09. The monoisotopic (exact) mass is 233 g/mol. The summed E-state index contributed by atoms with van der Waals surface area (Å²) in [5.74, 6) is 0.497. The van der Waals surface area contributed by atoms with Crippen molar-refractivity contribution in [2.45, 2.75) is 31.6 Å². The smallest absolute Gasteiger partial charge is 0.0702 e. The van der Waals surface area contributed by atoms with E-state index in [0.29, 0.717) is 5.92 Å². The second-order valence-electron chi connectivity index (χ2n) is 4.37. The van der Waals surface area contributed by atoms with E-state index in [0.717, 1.165) is 11.9 Å². The molecule has 0 aliphatic rings. The van der Waals surface area contributed by atoms with E-state index < -0.39 is 0 Å². The molecule has 0 bridgehead atoms. The molecule has 0 spiro atoms. The van der Waals surface area contributed by atoms with Gasteiger partial charge in [-0.05, 0) is 43.0 Å².